The molecule has 1 aromatic heterocycles. The molecular weight excluding hydrogens is 365 g/mol. The van der Waals surface area contributed by atoms with Crippen molar-refractivity contribution < 1.29 is 23.1 Å². The van der Waals surface area contributed by atoms with Gasteiger partial charge in [0.15, 0.2) is 6.10 Å². The van der Waals surface area contributed by atoms with E-state index in [-0.39, 0.29) is 11.7 Å². The summed E-state index contributed by atoms with van der Waals surface area (Å²) in [6.07, 6.45) is -4.54. The summed E-state index contributed by atoms with van der Waals surface area (Å²) in [6.45, 7) is 0.489. The summed E-state index contributed by atoms with van der Waals surface area (Å²) in [5, 5.41) is 12.6. The molecule has 0 spiro atoms. The number of fused-ring (bicyclic) bond motifs is 1. The second-order valence-electron chi connectivity index (χ2n) is 5.84. The van der Waals surface area contributed by atoms with E-state index in [1.165, 1.54) is 0 Å². The third-order valence-electron chi connectivity index (χ3n) is 3.74. The highest BCUT2D eigenvalue weighted by Crippen LogP contribution is 2.23. The van der Waals surface area contributed by atoms with Gasteiger partial charge in [-0.25, -0.2) is 4.98 Å². The molecule has 2 rings (SSSR count). The minimum atomic E-state index is -4.55. The number of carbonyl (C=O) groups is 1. The molecule has 0 saturated heterocycles. The standard InChI is InChI=1S/C18H21F3N2O2S/c19-18(20,21)16(24)12-26-11-5-1-4-10-22-17(25)15-9-8-13-6-2-3-7-14(13)23-15/h2-3,6-9,16,24H,1,4-5,10-12H2,(H,22,25). The first-order valence-electron chi connectivity index (χ1n) is 8.34. The van der Waals surface area contributed by atoms with E-state index in [1.807, 2.05) is 30.3 Å². The summed E-state index contributed by atoms with van der Waals surface area (Å²) >= 11 is 1.08. The smallest absolute Gasteiger partial charge is 0.383 e. The summed E-state index contributed by atoms with van der Waals surface area (Å²) in [6, 6.07) is 11.1. The van der Waals surface area contributed by atoms with E-state index in [0.29, 0.717) is 18.0 Å². The van der Waals surface area contributed by atoms with Crippen molar-refractivity contribution in [3.63, 3.8) is 0 Å². The number of rotatable bonds is 9. The number of hydrogen-bond donors (Lipinski definition) is 2. The van der Waals surface area contributed by atoms with Gasteiger partial charge in [-0.05, 0) is 30.7 Å². The molecule has 1 unspecified atom stereocenters. The third kappa shape index (κ3) is 6.49. The molecule has 26 heavy (non-hydrogen) atoms. The molecule has 0 radical (unpaired) electrons. The van der Waals surface area contributed by atoms with E-state index in [2.05, 4.69) is 10.3 Å². The van der Waals surface area contributed by atoms with Gasteiger partial charge in [0, 0.05) is 17.7 Å². The first-order valence-corrected chi connectivity index (χ1v) is 9.50. The minimum absolute atomic E-state index is 0.238. The number of halogens is 3. The molecule has 0 aliphatic heterocycles. The van der Waals surface area contributed by atoms with Gasteiger partial charge in [0.1, 0.15) is 5.69 Å². The Bertz CT molecular complexity index is 725. The van der Waals surface area contributed by atoms with Crippen LogP contribution in [0.5, 0.6) is 0 Å². The lowest BCUT2D eigenvalue weighted by Gasteiger charge is -2.13. The Kier molecular flexibility index (Phi) is 7.71. The van der Waals surface area contributed by atoms with E-state index in [0.717, 1.165) is 41.9 Å². The third-order valence-corrected chi connectivity index (χ3v) is 4.86. The van der Waals surface area contributed by atoms with Crippen LogP contribution in [0.25, 0.3) is 10.9 Å². The van der Waals surface area contributed by atoms with Crippen molar-refractivity contribution in [2.24, 2.45) is 0 Å². The van der Waals surface area contributed by atoms with Crippen molar-refractivity contribution in [1.82, 2.24) is 10.3 Å². The summed E-state index contributed by atoms with van der Waals surface area (Å²) < 4.78 is 36.4. The van der Waals surface area contributed by atoms with Gasteiger partial charge in [-0.1, -0.05) is 30.7 Å². The van der Waals surface area contributed by atoms with Gasteiger partial charge in [0.25, 0.3) is 5.91 Å². The highest BCUT2D eigenvalue weighted by atomic mass is 32.2. The molecule has 0 aliphatic carbocycles. The van der Waals surface area contributed by atoms with Crippen LogP contribution >= 0.6 is 11.8 Å². The van der Waals surface area contributed by atoms with Crippen LogP contribution < -0.4 is 5.32 Å². The van der Waals surface area contributed by atoms with Crippen LogP contribution in [-0.4, -0.2) is 46.3 Å². The number of nitrogens with zero attached hydrogens (tertiary/aromatic N) is 1. The van der Waals surface area contributed by atoms with Gasteiger partial charge in [0.05, 0.1) is 5.52 Å². The number of hydrogen-bond acceptors (Lipinski definition) is 4. The zero-order valence-corrected chi connectivity index (χ0v) is 14.9. The fourth-order valence-corrected chi connectivity index (χ4v) is 3.27. The average Bonchev–Trinajstić information content (AvgIpc) is 2.62. The van der Waals surface area contributed by atoms with Gasteiger partial charge in [-0.3, -0.25) is 4.79 Å². The topological polar surface area (TPSA) is 62.2 Å². The fraction of sp³-hybridized carbons (Fsp3) is 0.444. The van der Waals surface area contributed by atoms with E-state index in [4.69, 9.17) is 5.11 Å². The number of benzene rings is 1. The Morgan fingerprint density at radius 2 is 1.92 bits per heavy atom. The van der Waals surface area contributed by atoms with Gasteiger partial charge in [-0.15, -0.1) is 0 Å². The molecule has 1 heterocycles. The van der Waals surface area contributed by atoms with Crippen molar-refractivity contribution >= 4 is 28.6 Å². The Labute approximate surface area is 154 Å². The lowest BCUT2D eigenvalue weighted by Crippen LogP contribution is -2.30. The van der Waals surface area contributed by atoms with E-state index < -0.39 is 12.3 Å². The van der Waals surface area contributed by atoms with Crippen molar-refractivity contribution in [1.29, 1.82) is 0 Å². The second-order valence-corrected chi connectivity index (χ2v) is 6.99. The van der Waals surface area contributed by atoms with Crippen LogP contribution in [0.4, 0.5) is 13.2 Å². The minimum Gasteiger partial charge on any atom is -0.383 e. The lowest BCUT2D eigenvalue weighted by molar-refractivity contribution is -0.195. The normalized spacial score (nSPS) is 12.9. The number of unbranched alkanes of at least 4 members (excludes halogenated alkanes) is 2. The van der Waals surface area contributed by atoms with Crippen LogP contribution in [0, 0.1) is 0 Å². The Morgan fingerprint density at radius 3 is 2.69 bits per heavy atom. The van der Waals surface area contributed by atoms with Gasteiger partial charge >= 0.3 is 6.18 Å². The molecule has 0 saturated carbocycles. The zero-order valence-electron chi connectivity index (χ0n) is 14.1. The SMILES string of the molecule is O=C(NCCCCCSCC(O)C(F)(F)F)c1ccc2ccccc2n1. The number of aliphatic hydroxyl groups excluding tert-OH is 1. The molecule has 2 aromatic rings. The molecule has 4 nitrogen and oxygen atoms in total. The Morgan fingerprint density at radius 1 is 1.15 bits per heavy atom. The van der Waals surface area contributed by atoms with Gasteiger partial charge < -0.3 is 10.4 Å². The maximum Gasteiger partial charge on any atom is 0.415 e. The molecule has 142 valence electrons. The quantitative estimate of drug-likeness (QED) is 0.644. The summed E-state index contributed by atoms with van der Waals surface area (Å²) in [5.41, 5.74) is 1.12. The molecule has 0 bridgehead atoms. The zero-order chi connectivity index (χ0) is 19.0. The highest BCUT2D eigenvalue weighted by molar-refractivity contribution is 7.99. The number of amides is 1. The Hall–Kier alpha value is -1.80. The van der Waals surface area contributed by atoms with Crippen molar-refractivity contribution in [2.45, 2.75) is 31.5 Å². The maximum absolute atomic E-state index is 12.1. The van der Waals surface area contributed by atoms with Gasteiger partial charge in [-0.2, -0.15) is 24.9 Å². The predicted molar refractivity (Wildman–Crippen MR) is 97.3 cm³/mol. The number of aliphatic hydroxyl groups is 1. The Balaban J connectivity index is 1.60. The predicted octanol–water partition coefficient (Wildman–Crippen LogP) is 3.79. The molecular formula is C18H21F3N2O2S. The van der Waals surface area contributed by atoms with Crippen LogP contribution in [0.3, 0.4) is 0 Å². The second kappa shape index (κ2) is 9.78. The molecule has 2 N–H and O–H groups in total. The van der Waals surface area contributed by atoms with Crippen molar-refractivity contribution in [3.8, 4) is 0 Å². The van der Waals surface area contributed by atoms with E-state index in [9.17, 15) is 18.0 Å². The lowest BCUT2D eigenvalue weighted by atomic mass is 10.2. The molecule has 0 fully saturated rings. The highest BCUT2D eigenvalue weighted by Gasteiger charge is 2.37. The summed E-state index contributed by atoms with van der Waals surface area (Å²) in [4.78, 5) is 16.4. The first kappa shape index (κ1) is 20.5. The molecule has 8 heteroatoms. The number of thioether (sulfide) groups is 1. The fourth-order valence-electron chi connectivity index (χ4n) is 2.28. The molecule has 0 aliphatic rings. The number of carbonyl (C=O) groups excluding carboxylic acids is 1. The monoisotopic (exact) mass is 386 g/mol. The van der Waals surface area contributed by atoms with Crippen LogP contribution in [0.15, 0.2) is 36.4 Å². The summed E-state index contributed by atoms with van der Waals surface area (Å²) in [7, 11) is 0. The number of pyridine rings is 1. The van der Waals surface area contributed by atoms with E-state index in [1.54, 1.807) is 6.07 Å². The van der Waals surface area contributed by atoms with Gasteiger partial charge in [0.2, 0.25) is 0 Å². The number of aromatic nitrogens is 1. The number of para-hydroxylation sites is 1. The largest absolute Gasteiger partial charge is 0.415 e. The van der Waals surface area contributed by atoms with Crippen LogP contribution in [0.2, 0.25) is 0 Å². The number of nitrogens with one attached hydrogen (secondary N) is 1. The summed E-state index contributed by atoms with van der Waals surface area (Å²) in [5.74, 6) is -0.0281. The molecule has 1 aromatic carbocycles. The van der Waals surface area contributed by atoms with E-state index >= 15 is 0 Å². The average molecular weight is 386 g/mol. The molecule has 1 atom stereocenters. The number of alkyl halides is 3. The maximum atomic E-state index is 12.1. The first-order chi connectivity index (χ1) is 12.4. The van der Waals surface area contributed by atoms with Crippen molar-refractivity contribution in [2.75, 3.05) is 18.1 Å². The van der Waals surface area contributed by atoms with Crippen molar-refractivity contribution in [3.05, 3.63) is 42.1 Å². The van der Waals surface area contributed by atoms with Crippen LogP contribution in [0.1, 0.15) is 29.8 Å². The molecule has 1 amide bonds. The van der Waals surface area contributed by atoms with Crippen LogP contribution in [-0.2, 0) is 0 Å².